The van der Waals surface area contributed by atoms with Crippen LogP contribution in [0.5, 0.6) is 0 Å². The van der Waals surface area contributed by atoms with Gasteiger partial charge in [-0.15, -0.1) is 0 Å². The van der Waals surface area contributed by atoms with Crippen LogP contribution in [0, 0.1) is 6.92 Å². The van der Waals surface area contributed by atoms with Gasteiger partial charge in [0, 0.05) is 10.3 Å². The minimum Gasteiger partial charge on any atom is -0.422 e. The number of hydrogen-bond donors (Lipinski definition) is 0. The van der Waals surface area contributed by atoms with Crippen molar-refractivity contribution in [3.05, 3.63) is 99.9 Å². The van der Waals surface area contributed by atoms with Gasteiger partial charge in [-0.3, -0.25) is 0 Å². The zero-order chi connectivity index (χ0) is 19.5. The van der Waals surface area contributed by atoms with Crippen LogP contribution in [0.4, 0.5) is 11.4 Å². The first kappa shape index (κ1) is 16.6. The lowest BCUT2D eigenvalue weighted by molar-refractivity contribution is 0.544. The molecule has 4 aromatic rings. The van der Waals surface area contributed by atoms with E-state index in [4.69, 9.17) is 9.41 Å². The number of benzene rings is 3. The molecule has 140 valence electrons. The van der Waals surface area contributed by atoms with E-state index in [1.807, 2.05) is 36.4 Å². The monoisotopic (exact) mass is 396 g/mol. The zero-order valence-corrected chi connectivity index (χ0v) is 16.4. The molecule has 3 aromatic carbocycles. The van der Waals surface area contributed by atoms with E-state index in [1.54, 1.807) is 11.8 Å². The summed E-state index contributed by atoms with van der Waals surface area (Å²) in [5.41, 5.74) is 4.84. The number of nitrogens with zero attached hydrogens (tertiary/aromatic N) is 2. The van der Waals surface area contributed by atoms with Crippen LogP contribution in [-0.2, 0) is 0 Å². The summed E-state index contributed by atoms with van der Waals surface area (Å²) in [6, 6.07) is 23.9. The number of para-hydroxylation sites is 2. The van der Waals surface area contributed by atoms with Gasteiger partial charge in [-0.1, -0.05) is 54.1 Å². The Hall–Kier alpha value is -3.31. The molecule has 0 saturated carbocycles. The SMILES string of the molecule is Cc1ccc(C2c3c(c4ccccc4oc3=O)N=C3Sc4ccccc4N32)cc1. The highest BCUT2D eigenvalue weighted by atomic mass is 32.2. The largest absolute Gasteiger partial charge is 0.422 e. The maximum atomic E-state index is 13.2. The summed E-state index contributed by atoms with van der Waals surface area (Å²) in [5, 5.41) is 1.75. The van der Waals surface area contributed by atoms with Crippen LogP contribution >= 0.6 is 11.8 Å². The van der Waals surface area contributed by atoms with Crippen molar-refractivity contribution in [3.8, 4) is 0 Å². The molecule has 4 nitrogen and oxygen atoms in total. The Morgan fingerprint density at radius 2 is 1.72 bits per heavy atom. The molecule has 0 N–H and O–H groups in total. The minimum atomic E-state index is -0.332. The highest BCUT2D eigenvalue weighted by molar-refractivity contribution is 8.14. The minimum absolute atomic E-state index is 0.282. The molecule has 1 unspecified atom stereocenters. The molecule has 1 atom stereocenters. The fourth-order valence-corrected chi connectivity index (χ4v) is 5.17. The molecule has 0 spiro atoms. The number of fused-ring (bicyclic) bond motifs is 6. The Labute approximate surface area is 171 Å². The normalized spacial score (nSPS) is 16.9. The number of aryl methyl sites for hydroxylation is 1. The second kappa shape index (κ2) is 6.09. The molecule has 2 aliphatic rings. The third kappa shape index (κ3) is 2.41. The molecule has 0 fully saturated rings. The molecule has 0 saturated heterocycles. The second-order valence-corrected chi connectivity index (χ2v) is 8.30. The lowest BCUT2D eigenvalue weighted by Gasteiger charge is -2.34. The van der Waals surface area contributed by atoms with Gasteiger partial charge in [0.15, 0.2) is 5.17 Å². The van der Waals surface area contributed by atoms with Crippen LogP contribution in [0.2, 0.25) is 0 Å². The molecule has 5 heteroatoms. The molecule has 0 aliphatic carbocycles. The summed E-state index contributed by atoms with van der Waals surface area (Å²) in [4.78, 5) is 21.4. The Balaban J connectivity index is 1.71. The van der Waals surface area contributed by atoms with Crippen molar-refractivity contribution in [2.45, 2.75) is 17.9 Å². The van der Waals surface area contributed by atoms with Crippen molar-refractivity contribution in [1.82, 2.24) is 0 Å². The maximum Gasteiger partial charge on any atom is 0.344 e. The average Bonchev–Trinajstić information content (AvgIpc) is 3.11. The van der Waals surface area contributed by atoms with E-state index in [2.05, 4.69) is 48.2 Å². The molecule has 0 bridgehead atoms. The molecule has 0 amide bonds. The lowest BCUT2D eigenvalue weighted by Crippen LogP contribution is -2.36. The predicted octanol–water partition coefficient (Wildman–Crippen LogP) is 5.80. The molecule has 2 aliphatic heterocycles. The van der Waals surface area contributed by atoms with Gasteiger partial charge in [0.1, 0.15) is 5.58 Å². The number of anilines is 1. The van der Waals surface area contributed by atoms with E-state index >= 15 is 0 Å². The van der Waals surface area contributed by atoms with Gasteiger partial charge in [0.05, 0.1) is 23.0 Å². The number of hydrogen-bond acceptors (Lipinski definition) is 5. The van der Waals surface area contributed by atoms with Crippen molar-refractivity contribution >= 4 is 39.3 Å². The van der Waals surface area contributed by atoms with E-state index in [0.717, 1.165) is 26.7 Å². The Bertz CT molecular complexity index is 1370. The summed E-state index contributed by atoms with van der Waals surface area (Å²) in [6.45, 7) is 2.06. The molecular formula is C24H16N2O2S. The number of rotatable bonds is 1. The molecule has 0 radical (unpaired) electrons. The van der Waals surface area contributed by atoms with Crippen molar-refractivity contribution in [3.63, 3.8) is 0 Å². The zero-order valence-electron chi connectivity index (χ0n) is 15.6. The van der Waals surface area contributed by atoms with Crippen molar-refractivity contribution in [2.24, 2.45) is 4.99 Å². The van der Waals surface area contributed by atoms with Gasteiger partial charge >= 0.3 is 5.63 Å². The lowest BCUT2D eigenvalue weighted by atomic mass is 9.94. The fraction of sp³-hybridized carbons (Fsp3) is 0.0833. The summed E-state index contributed by atoms with van der Waals surface area (Å²) in [6.07, 6.45) is 0. The molecule has 6 rings (SSSR count). The standard InChI is InChI=1S/C24H16N2O2S/c1-14-10-12-15(13-11-14)22-20-21(16-6-2-4-8-18(16)28-23(20)27)25-24-26(22)17-7-3-5-9-19(17)29-24/h2-13,22H,1H3. The van der Waals surface area contributed by atoms with Gasteiger partial charge in [-0.05, 0) is 48.5 Å². The van der Waals surface area contributed by atoms with Crippen LogP contribution in [0.15, 0.2) is 91.9 Å². The molecule has 3 heterocycles. The topological polar surface area (TPSA) is 45.8 Å². The van der Waals surface area contributed by atoms with Crippen LogP contribution in [0.3, 0.4) is 0 Å². The predicted molar refractivity (Wildman–Crippen MR) is 117 cm³/mol. The van der Waals surface area contributed by atoms with Gasteiger partial charge in [-0.2, -0.15) is 0 Å². The number of amidine groups is 1. The Kier molecular flexibility index (Phi) is 3.49. The van der Waals surface area contributed by atoms with Crippen LogP contribution in [0.1, 0.15) is 22.7 Å². The summed E-state index contributed by atoms with van der Waals surface area (Å²) in [7, 11) is 0. The quantitative estimate of drug-likeness (QED) is 0.381. The highest BCUT2D eigenvalue weighted by Crippen LogP contribution is 2.51. The first-order chi connectivity index (χ1) is 14.2. The van der Waals surface area contributed by atoms with E-state index in [0.29, 0.717) is 16.8 Å². The van der Waals surface area contributed by atoms with Crippen LogP contribution < -0.4 is 10.5 Å². The number of thioether (sulfide) groups is 1. The average molecular weight is 396 g/mol. The third-order valence-corrected chi connectivity index (χ3v) is 6.52. The second-order valence-electron chi connectivity index (χ2n) is 7.30. The molecule has 1 aromatic heterocycles. The Morgan fingerprint density at radius 3 is 2.59 bits per heavy atom. The van der Waals surface area contributed by atoms with Crippen LogP contribution in [-0.4, -0.2) is 5.17 Å². The number of aliphatic imine (C=N–C) groups is 1. The summed E-state index contributed by atoms with van der Waals surface area (Å²) in [5.74, 6) is 0. The van der Waals surface area contributed by atoms with E-state index in [-0.39, 0.29) is 11.7 Å². The smallest absolute Gasteiger partial charge is 0.344 e. The molecule has 29 heavy (non-hydrogen) atoms. The van der Waals surface area contributed by atoms with Crippen molar-refractivity contribution in [1.29, 1.82) is 0 Å². The van der Waals surface area contributed by atoms with Gasteiger partial charge in [0.25, 0.3) is 0 Å². The third-order valence-electron chi connectivity index (χ3n) is 5.48. The summed E-state index contributed by atoms with van der Waals surface area (Å²) >= 11 is 1.64. The molecular weight excluding hydrogens is 380 g/mol. The first-order valence-electron chi connectivity index (χ1n) is 9.48. The highest BCUT2D eigenvalue weighted by Gasteiger charge is 2.41. The van der Waals surface area contributed by atoms with Gasteiger partial charge in [0.2, 0.25) is 0 Å². The summed E-state index contributed by atoms with van der Waals surface area (Å²) < 4.78 is 5.71. The van der Waals surface area contributed by atoms with E-state index in [1.165, 1.54) is 5.56 Å². The maximum absolute atomic E-state index is 13.2. The fourth-order valence-electron chi connectivity index (χ4n) is 4.12. The Morgan fingerprint density at radius 1 is 0.966 bits per heavy atom. The van der Waals surface area contributed by atoms with E-state index < -0.39 is 0 Å². The van der Waals surface area contributed by atoms with Crippen molar-refractivity contribution < 1.29 is 4.42 Å². The van der Waals surface area contributed by atoms with E-state index in [9.17, 15) is 4.79 Å². The first-order valence-corrected chi connectivity index (χ1v) is 10.3. The van der Waals surface area contributed by atoms with Gasteiger partial charge < -0.3 is 9.32 Å². The van der Waals surface area contributed by atoms with Crippen LogP contribution in [0.25, 0.3) is 11.0 Å². The van der Waals surface area contributed by atoms with Gasteiger partial charge in [-0.25, -0.2) is 9.79 Å². The van der Waals surface area contributed by atoms with Crippen molar-refractivity contribution in [2.75, 3.05) is 4.90 Å².